The Morgan fingerprint density at radius 1 is 1.33 bits per heavy atom. The van der Waals surface area contributed by atoms with Crippen LogP contribution in [0.3, 0.4) is 0 Å². The molecule has 0 bridgehead atoms. The molecule has 4 heteroatoms. The summed E-state index contributed by atoms with van der Waals surface area (Å²) in [6, 6.07) is 7.13. The fourth-order valence-corrected chi connectivity index (χ4v) is 1.29. The van der Waals surface area contributed by atoms with Crippen LogP contribution in [-0.2, 0) is 11.2 Å². The van der Waals surface area contributed by atoms with Crippen molar-refractivity contribution >= 4 is 5.91 Å². The van der Waals surface area contributed by atoms with Crippen LogP contribution in [0.15, 0.2) is 24.3 Å². The minimum Gasteiger partial charge on any atom is -0.508 e. The van der Waals surface area contributed by atoms with Gasteiger partial charge in [0.1, 0.15) is 5.75 Å². The van der Waals surface area contributed by atoms with Crippen LogP contribution < -0.4 is 11.1 Å². The summed E-state index contributed by atoms with van der Waals surface area (Å²) in [5.41, 5.74) is 6.15. The molecule has 0 aliphatic heterocycles. The summed E-state index contributed by atoms with van der Waals surface area (Å²) < 4.78 is 0. The number of rotatable bonds is 6. The van der Waals surface area contributed by atoms with Crippen LogP contribution >= 0.6 is 0 Å². The first-order valence-electron chi connectivity index (χ1n) is 4.95. The maximum Gasteiger partial charge on any atom is 0.231 e. The summed E-state index contributed by atoms with van der Waals surface area (Å²) in [7, 11) is 0. The van der Waals surface area contributed by atoms with Gasteiger partial charge in [-0.25, -0.2) is 0 Å². The van der Waals surface area contributed by atoms with E-state index in [1.165, 1.54) is 5.56 Å². The molecule has 0 spiro atoms. The molecule has 1 amide bonds. The number of carbonyl (C=O) groups excluding carboxylic acids is 1. The summed E-state index contributed by atoms with van der Waals surface area (Å²) in [6.07, 6.45) is 1.87. The fraction of sp³-hybridized carbons (Fsp3) is 0.364. The minimum absolute atomic E-state index is 0.232. The lowest BCUT2D eigenvalue weighted by Gasteiger charge is -2.02. The van der Waals surface area contributed by atoms with Crippen LogP contribution in [0.4, 0.5) is 0 Å². The highest BCUT2D eigenvalue weighted by molar-refractivity contribution is 5.75. The van der Waals surface area contributed by atoms with Crippen molar-refractivity contribution in [3.63, 3.8) is 0 Å². The Bertz CT molecular complexity index is 309. The smallest absolute Gasteiger partial charge is 0.231 e. The SMILES string of the molecule is NC(=O)CNCCCc1ccc(O)cc1. The third kappa shape index (κ3) is 5.02. The summed E-state index contributed by atoms with van der Waals surface area (Å²) >= 11 is 0. The molecular formula is C11H16N2O2. The molecule has 82 valence electrons. The van der Waals surface area contributed by atoms with Crippen LogP contribution in [0, 0.1) is 0 Å². The number of nitrogens with one attached hydrogen (secondary N) is 1. The second-order valence-electron chi connectivity index (χ2n) is 3.41. The molecule has 0 saturated heterocycles. The van der Waals surface area contributed by atoms with Gasteiger partial charge in [-0.1, -0.05) is 12.1 Å². The first kappa shape index (κ1) is 11.5. The normalized spacial score (nSPS) is 10.1. The van der Waals surface area contributed by atoms with Gasteiger partial charge >= 0.3 is 0 Å². The number of aromatic hydroxyl groups is 1. The topological polar surface area (TPSA) is 75.4 Å². The Kier molecular flexibility index (Phi) is 4.63. The molecule has 0 fully saturated rings. The quantitative estimate of drug-likeness (QED) is 0.592. The standard InChI is InChI=1S/C11H16N2O2/c12-11(15)8-13-7-1-2-9-3-5-10(14)6-4-9/h3-6,13-14H,1-2,7-8H2,(H2,12,15). The van der Waals surface area contributed by atoms with Crippen molar-refractivity contribution in [1.29, 1.82) is 0 Å². The van der Waals surface area contributed by atoms with Crippen molar-refractivity contribution in [2.45, 2.75) is 12.8 Å². The van der Waals surface area contributed by atoms with E-state index in [0.29, 0.717) is 0 Å². The van der Waals surface area contributed by atoms with E-state index in [4.69, 9.17) is 10.8 Å². The van der Waals surface area contributed by atoms with E-state index in [0.717, 1.165) is 19.4 Å². The molecule has 0 radical (unpaired) electrons. The predicted octanol–water partition coefficient (Wildman–Crippen LogP) is 0.400. The molecule has 0 aliphatic rings. The van der Waals surface area contributed by atoms with Crippen molar-refractivity contribution in [3.05, 3.63) is 29.8 Å². The van der Waals surface area contributed by atoms with Gasteiger partial charge in [0, 0.05) is 0 Å². The van der Waals surface area contributed by atoms with Crippen molar-refractivity contribution in [1.82, 2.24) is 5.32 Å². The van der Waals surface area contributed by atoms with Crippen molar-refractivity contribution in [2.75, 3.05) is 13.1 Å². The molecule has 15 heavy (non-hydrogen) atoms. The molecule has 0 heterocycles. The van der Waals surface area contributed by atoms with E-state index in [-0.39, 0.29) is 18.2 Å². The van der Waals surface area contributed by atoms with Crippen molar-refractivity contribution in [2.24, 2.45) is 5.73 Å². The van der Waals surface area contributed by atoms with Gasteiger partial charge in [-0.3, -0.25) is 4.79 Å². The molecular weight excluding hydrogens is 192 g/mol. The maximum absolute atomic E-state index is 10.4. The lowest BCUT2D eigenvalue weighted by molar-refractivity contribution is -0.117. The van der Waals surface area contributed by atoms with Gasteiger partial charge in [0.2, 0.25) is 5.91 Å². The van der Waals surface area contributed by atoms with Gasteiger partial charge in [-0.2, -0.15) is 0 Å². The first-order chi connectivity index (χ1) is 7.18. The Morgan fingerprint density at radius 3 is 2.60 bits per heavy atom. The summed E-state index contributed by atoms with van der Waals surface area (Å²) in [4.78, 5) is 10.4. The molecule has 1 aromatic rings. The second-order valence-corrected chi connectivity index (χ2v) is 3.41. The number of amides is 1. The zero-order valence-electron chi connectivity index (χ0n) is 8.57. The fourth-order valence-electron chi connectivity index (χ4n) is 1.29. The molecule has 0 atom stereocenters. The largest absolute Gasteiger partial charge is 0.508 e. The molecule has 0 aliphatic carbocycles. The lowest BCUT2D eigenvalue weighted by atomic mass is 10.1. The first-order valence-corrected chi connectivity index (χ1v) is 4.95. The monoisotopic (exact) mass is 208 g/mol. The van der Waals surface area contributed by atoms with Crippen LogP contribution in [0.1, 0.15) is 12.0 Å². The summed E-state index contributed by atoms with van der Waals surface area (Å²) in [6.45, 7) is 0.999. The molecule has 4 N–H and O–H groups in total. The van der Waals surface area contributed by atoms with Gasteiger partial charge < -0.3 is 16.2 Å². The molecule has 0 saturated carbocycles. The van der Waals surface area contributed by atoms with E-state index >= 15 is 0 Å². The molecule has 1 rings (SSSR count). The van der Waals surface area contributed by atoms with E-state index in [1.54, 1.807) is 12.1 Å². The number of phenols is 1. The van der Waals surface area contributed by atoms with Gasteiger partial charge in [0.15, 0.2) is 0 Å². The summed E-state index contributed by atoms with van der Waals surface area (Å²) in [5, 5.41) is 12.0. The van der Waals surface area contributed by atoms with Crippen LogP contribution in [-0.4, -0.2) is 24.1 Å². The second kappa shape index (κ2) is 6.03. The molecule has 1 aromatic carbocycles. The Hall–Kier alpha value is -1.55. The number of phenolic OH excluding ortho intramolecular Hbond substituents is 1. The lowest BCUT2D eigenvalue weighted by Crippen LogP contribution is -2.29. The Morgan fingerprint density at radius 2 is 2.00 bits per heavy atom. The highest BCUT2D eigenvalue weighted by Crippen LogP contribution is 2.10. The number of hydrogen-bond donors (Lipinski definition) is 3. The average molecular weight is 208 g/mol. The molecule has 4 nitrogen and oxygen atoms in total. The zero-order chi connectivity index (χ0) is 11.1. The third-order valence-electron chi connectivity index (χ3n) is 2.05. The van der Waals surface area contributed by atoms with Gasteiger partial charge in [0.25, 0.3) is 0 Å². The van der Waals surface area contributed by atoms with Gasteiger partial charge in [-0.15, -0.1) is 0 Å². The highest BCUT2D eigenvalue weighted by Gasteiger charge is 1.95. The van der Waals surface area contributed by atoms with E-state index in [9.17, 15) is 4.79 Å². The maximum atomic E-state index is 10.4. The molecule has 0 unspecified atom stereocenters. The number of nitrogens with two attached hydrogens (primary N) is 1. The van der Waals surface area contributed by atoms with Crippen LogP contribution in [0.5, 0.6) is 5.75 Å². The number of hydrogen-bond acceptors (Lipinski definition) is 3. The van der Waals surface area contributed by atoms with E-state index in [2.05, 4.69) is 5.32 Å². The van der Waals surface area contributed by atoms with Gasteiger partial charge in [-0.05, 0) is 37.1 Å². The number of primary amides is 1. The van der Waals surface area contributed by atoms with Crippen molar-refractivity contribution in [3.8, 4) is 5.75 Å². The number of aryl methyl sites for hydroxylation is 1. The van der Waals surface area contributed by atoms with E-state index in [1.807, 2.05) is 12.1 Å². The van der Waals surface area contributed by atoms with Gasteiger partial charge in [0.05, 0.1) is 6.54 Å². The third-order valence-corrected chi connectivity index (χ3v) is 2.05. The number of carbonyl (C=O) groups is 1. The predicted molar refractivity (Wildman–Crippen MR) is 58.5 cm³/mol. The minimum atomic E-state index is -0.334. The average Bonchev–Trinajstić information content (AvgIpc) is 2.20. The highest BCUT2D eigenvalue weighted by atomic mass is 16.3. The van der Waals surface area contributed by atoms with Crippen molar-refractivity contribution < 1.29 is 9.90 Å². The Labute approximate surface area is 89.1 Å². The molecule has 0 aromatic heterocycles. The van der Waals surface area contributed by atoms with Crippen LogP contribution in [0.25, 0.3) is 0 Å². The Balaban J connectivity index is 2.15. The summed E-state index contributed by atoms with van der Waals surface area (Å²) in [5.74, 6) is -0.0507. The number of benzene rings is 1. The van der Waals surface area contributed by atoms with Crippen LogP contribution in [0.2, 0.25) is 0 Å². The zero-order valence-corrected chi connectivity index (χ0v) is 8.57. The van der Waals surface area contributed by atoms with E-state index < -0.39 is 0 Å².